The van der Waals surface area contributed by atoms with Crippen LogP contribution in [-0.4, -0.2) is 13.0 Å². The maximum atomic E-state index is 13.3. The van der Waals surface area contributed by atoms with Crippen molar-refractivity contribution < 1.29 is 18.3 Å². The molecular weight excluding hydrogens is 300 g/mol. The Bertz CT molecular complexity index is 742. The van der Waals surface area contributed by atoms with Gasteiger partial charge in [-0.2, -0.15) is 0 Å². The number of carbonyl (C=O) groups is 1. The lowest BCUT2D eigenvalue weighted by molar-refractivity contribution is -0.124. The number of para-hydroxylation sites is 1. The van der Waals surface area contributed by atoms with E-state index in [9.17, 15) is 13.6 Å². The van der Waals surface area contributed by atoms with Crippen LogP contribution in [0, 0.1) is 11.6 Å². The SMILES string of the molecule is COc1ccccc1C1(C(=O)Nc2ccc(F)c(F)c2)CCC1. The maximum absolute atomic E-state index is 13.3. The molecule has 3 nitrogen and oxygen atoms in total. The molecule has 0 aliphatic heterocycles. The van der Waals surface area contributed by atoms with Crippen molar-refractivity contribution in [1.29, 1.82) is 0 Å². The first-order chi connectivity index (χ1) is 11.1. The van der Waals surface area contributed by atoms with Crippen LogP contribution in [0.4, 0.5) is 14.5 Å². The van der Waals surface area contributed by atoms with Crippen molar-refractivity contribution in [1.82, 2.24) is 0 Å². The van der Waals surface area contributed by atoms with Crippen molar-refractivity contribution in [3.8, 4) is 5.75 Å². The highest BCUT2D eigenvalue weighted by Gasteiger charge is 2.47. The molecule has 0 bridgehead atoms. The van der Waals surface area contributed by atoms with Crippen molar-refractivity contribution >= 4 is 11.6 Å². The summed E-state index contributed by atoms with van der Waals surface area (Å²) in [7, 11) is 1.57. The van der Waals surface area contributed by atoms with Crippen molar-refractivity contribution in [3.05, 3.63) is 59.7 Å². The third kappa shape index (κ3) is 2.67. The number of carbonyl (C=O) groups excluding carboxylic acids is 1. The number of hydrogen-bond acceptors (Lipinski definition) is 2. The molecule has 0 unspecified atom stereocenters. The highest BCUT2D eigenvalue weighted by molar-refractivity contribution is 6.00. The lowest BCUT2D eigenvalue weighted by Gasteiger charge is -2.41. The molecule has 1 N–H and O–H groups in total. The third-order valence-electron chi connectivity index (χ3n) is 4.44. The Kier molecular flexibility index (Phi) is 4.03. The van der Waals surface area contributed by atoms with Gasteiger partial charge in [-0.25, -0.2) is 8.78 Å². The minimum absolute atomic E-state index is 0.223. The Morgan fingerprint density at radius 1 is 1.13 bits per heavy atom. The first-order valence-electron chi connectivity index (χ1n) is 7.47. The fraction of sp³-hybridized carbons (Fsp3) is 0.278. The van der Waals surface area contributed by atoms with E-state index in [0.717, 1.165) is 24.1 Å². The molecule has 3 rings (SSSR count). The van der Waals surface area contributed by atoms with Gasteiger partial charge >= 0.3 is 0 Å². The third-order valence-corrected chi connectivity index (χ3v) is 4.44. The smallest absolute Gasteiger partial charge is 0.235 e. The second kappa shape index (κ2) is 5.99. The van der Waals surface area contributed by atoms with Crippen LogP contribution < -0.4 is 10.1 Å². The molecule has 120 valence electrons. The van der Waals surface area contributed by atoms with Crippen molar-refractivity contribution in [2.24, 2.45) is 0 Å². The predicted molar refractivity (Wildman–Crippen MR) is 83.5 cm³/mol. The molecule has 0 atom stereocenters. The van der Waals surface area contributed by atoms with Gasteiger partial charge in [-0.1, -0.05) is 24.6 Å². The van der Waals surface area contributed by atoms with Gasteiger partial charge in [0.2, 0.25) is 5.91 Å². The summed E-state index contributed by atoms with van der Waals surface area (Å²) in [5.41, 5.74) is 0.390. The topological polar surface area (TPSA) is 38.3 Å². The number of amides is 1. The van der Waals surface area contributed by atoms with Crippen LogP contribution in [0.1, 0.15) is 24.8 Å². The molecule has 2 aromatic rings. The van der Waals surface area contributed by atoms with E-state index in [4.69, 9.17) is 4.74 Å². The lowest BCUT2D eigenvalue weighted by Crippen LogP contribution is -2.46. The normalized spacial score (nSPS) is 15.6. The van der Waals surface area contributed by atoms with Crippen LogP contribution in [0.5, 0.6) is 5.75 Å². The molecule has 0 saturated heterocycles. The van der Waals surface area contributed by atoms with E-state index in [1.165, 1.54) is 6.07 Å². The van der Waals surface area contributed by atoms with Crippen LogP contribution in [0.3, 0.4) is 0 Å². The van der Waals surface area contributed by atoms with Gasteiger partial charge < -0.3 is 10.1 Å². The first kappa shape index (κ1) is 15.5. The van der Waals surface area contributed by atoms with Crippen LogP contribution in [0.15, 0.2) is 42.5 Å². The molecule has 2 aromatic carbocycles. The summed E-state index contributed by atoms with van der Waals surface area (Å²) in [4.78, 5) is 12.8. The second-order valence-electron chi connectivity index (χ2n) is 5.72. The molecule has 23 heavy (non-hydrogen) atoms. The number of methoxy groups -OCH3 is 1. The summed E-state index contributed by atoms with van der Waals surface area (Å²) in [6, 6.07) is 10.8. The van der Waals surface area contributed by atoms with Crippen LogP contribution >= 0.6 is 0 Å². The van der Waals surface area contributed by atoms with Gasteiger partial charge in [0, 0.05) is 17.3 Å². The summed E-state index contributed by atoms with van der Waals surface area (Å²) < 4.78 is 31.7. The molecule has 1 amide bonds. The highest BCUT2D eigenvalue weighted by Crippen LogP contribution is 2.47. The van der Waals surface area contributed by atoms with E-state index in [-0.39, 0.29) is 11.6 Å². The zero-order valence-electron chi connectivity index (χ0n) is 12.7. The van der Waals surface area contributed by atoms with E-state index >= 15 is 0 Å². The standard InChI is InChI=1S/C18H17F2NO2/c1-23-16-6-3-2-5-13(16)18(9-4-10-18)17(22)21-12-7-8-14(19)15(20)11-12/h2-3,5-8,11H,4,9-10H2,1H3,(H,21,22). The molecule has 1 aliphatic rings. The molecule has 5 heteroatoms. The van der Waals surface area contributed by atoms with E-state index in [1.807, 2.05) is 24.3 Å². The van der Waals surface area contributed by atoms with Crippen molar-refractivity contribution in [2.45, 2.75) is 24.7 Å². The maximum Gasteiger partial charge on any atom is 0.235 e. The first-order valence-corrected chi connectivity index (χ1v) is 7.47. The fourth-order valence-electron chi connectivity index (χ4n) is 3.01. The van der Waals surface area contributed by atoms with Gasteiger partial charge in [0.25, 0.3) is 0 Å². The number of halogens is 2. The van der Waals surface area contributed by atoms with Crippen LogP contribution in [-0.2, 0) is 10.2 Å². The Balaban J connectivity index is 1.90. The summed E-state index contributed by atoms with van der Waals surface area (Å²) in [6.07, 6.45) is 2.33. The summed E-state index contributed by atoms with van der Waals surface area (Å²) in [6.45, 7) is 0. The molecule has 1 fully saturated rings. The molecular formula is C18H17F2NO2. The summed E-state index contributed by atoms with van der Waals surface area (Å²) in [5.74, 6) is -1.49. The molecule has 1 aliphatic carbocycles. The van der Waals surface area contributed by atoms with E-state index in [2.05, 4.69) is 5.32 Å². The highest BCUT2D eigenvalue weighted by atomic mass is 19.2. The van der Waals surface area contributed by atoms with Crippen LogP contribution in [0.2, 0.25) is 0 Å². The van der Waals surface area contributed by atoms with Crippen molar-refractivity contribution in [3.63, 3.8) is 0 Å². The molecule has 0 spiro atoms. The lowest BCUT2D eigenvalue weighted by atomic mass is 9.63. The van der Waals surface area contributed by atoms with Gasteiger partial charge in [-0.3, -0.25) is 4.79 Å². The number of hydrogen-bond donors (Lipinski definition) is 1. The Morgan fingerprint density at radius 3 is 2.48 bits per heavy atom. The zero-order chi connectivity index (χ0) is 16.4. The minimum atomic E-state index is -0.984. The monoisotopic (exact) mass is 317 g/mol. The number of rotatable bonds is 4. The van der Waals surface area contributed by atoms with E-state index < -0.39 is 17.0 Å². The van der Waals surface area contributed by atoms with Gasteiger partial charge in [-0.15, -0.1) is 0 Å². The fourth-order valence-corrected chi connectivity index (χ4v) is 3.01. The Morgan fingerprint density at radius 2 is 1.87 bits per heavy atom. The van der Waals surface area contributed by atoms with E-state index in [1.54, 1.807) is 7.11 Å². The average Bonchev–Trinajstić information content (AvgIpc) is 2.50. The van der Waals surface area contributed by atoms with Gasteiger partial charge in [0.1, 0.15) is 5.75 Å². The Labute approximate surface area is 133 Å². The number of nitrogens with one attached hydrogen (secondary N) is 1. The second-order valence-corrected chi connectivity index (χ2v) is 5.72. The summed E-state index contributed by atoms with van der Waals surface area (Å²) in [5, 5.41) is 2.70. The average molecular weight is 317 g/mol. The molecule has 0 radical (unpaired) electrons. The number of ether oxygens (including phenoxy) is 1. The largest absolute Gasteiger partial charge is 0.496 e. The number of anilines is 1. The van der Waals surface area contributed by atoms with Gasteiger partial charge in [-0.05, 0) is 31.0 Å². The van der Waals surface area contributed by atoms with E-state index in [0.29, 0.717) is 18.6 Å². The quantitative estimate of drug-likeness (QED) is 0.924. The van der Waals surface area contributed by atoms with Gasteiger partial charge in [0.05, 0.1) is 12.5 Å². The zero-order valence-corrected chi connectivity index (χ0v) is 12.7. The number of benzene rings is 2. The summed E-state index contributed by atoms with van der Waals surface area (Å²) >= 11 is 0. The molecule has 1 saturated carbocycles. The minimum Gasteiger partial charge on any atom is -0.496 e. The molecule has 0 heterocycles. The van der Waals surface area contributed by atoms with Crippen molar-refractivity contribution in [2.75, 3.05) is 12.4 Å². The predicted octanol–water partition coefficient (Wildman–Crippen LogP) is 4.03. The van der Waals surface area contributed by atoms with Crippen LogP contribution in [0.25, 0.3) is 0 Å². The molecule has 0 aromatic heterocycles. The Hall–Kier alpha value is -2.43. The van der Waals surface area contributed by atoms with Gasteiger partial charge in [0.15, 0.2) is 11.6 Å².